The van der Waals surface area contributed by atoms with E-state index in [-0.39, 0.29) is 11.4 Å². The van der Waals surface area contributed by atoms with Gasteiger partial charge in [0.2, 0.25) is 0 Å². The van der Waals surface area contributed by atoms with Gasteiger partial charge in [-0.2, -0.15) is 5.10 Å². The summed E-state index contributed by atoms with van der Waals surface area (Å²) in [5, 5.41) is 19.3. The van der Waals surface area contributed by atoms with Crippen LogP contribution < -0.4 is 11.1 Å². The fourth-order valence-corrected chi connectivity index (χ4v) is 1.31. The fourth-order valence-electron chi connectivity index (χ4n) is 1.31. The van der Waals surface area contributed by atoms with E-state index in [2.05, 4.69) is 20.5 Å². The lowest BCUT2D eigenvalue weighted by Gasteiger charge is -2.03. The van der Waals surface area contributed by atoms with E-state index in [0.29, 0.717) is 5.69 Å². The predicted molar refractivity (Wildman–Crippen MR) is 61.8 cm³/mol. The van der Waals surface area contributed by atoms with Crippen molar-refractivity contribution in [1.29, 1.82) is 0 Å². The Balaban J connectivity index is 2.34. The summed E-state index contributed by atoms with van der Waals surface area (Å²) in [6.45, 7) is 0. The van der Waals surface area contributed by atoms with Crippen molar-refractivity contribution in [2.24, 2.45) is 0 Å². The normalized spacial score (nSPS) is 10.0. The smallest absolute Gasteiger partial charge is 0.300 e. The molecule has 2 aromatic rings. The molecule has 2 heterocycles. The number of hydrogen-bond donors (Lipinski definition) is 3. The molecule has 0 atom stereocenters. The number of nitrogens with one attached hydrogen (secondary N) is 2. The first-order valence-corrected chi connectivity index (χ1v) is 4.78. The van der Waals surface area contributed by atoms with Crippen LogP contribution in [0.2, 0.25) is 0 Å². The van der Waals surface area contributed by atoms with E-state index in [1.807, 2.05) is 0 Å². The first-order valence-electron chi connectivity index (χ1n) is 4.78. The number of nitrogen functional groups attached to an aromatic ring is 1. The lowest BCUT2D eigenvalue weighted by molar-refractivity contribution is -0.385. The largest absolute Gasteiger partial charge is 0.384 e. The molecule has 0 aliphatic heterocycles. The number of amides is 1. The second-order valence-electron chi connectivity index (χ2n) is 3.32. The molecular weight excluding hydrogens is 240 g/mol. The van der Waals surface area contributed by atoms with Gasteiger partial charge in [0, 0.05) is 6.20 Å². The zero-order valence-electron chi connectivity index (χ0n) is 8.95. The number of carbonyl (C=O) groups is 1. The Morgan fingerprint density at radius 1 is 1.50 bits per heavy atom. The number of rotatable bonds is 3. The van der Waals surface area contributed by atoms with Gasteiger partial charge in [-0.25, -0.2) is 4.98 Å². The number of nitro groups is 1. The highest BCUT2D eigenvalue weighted by Crippen LogP contribution is 2.20. The van der Waals surface area contributed by atoms with Crippen LogP contribution in [0.15, 0.2) is 24.7 Å². The average molecular weight is 248 g/mol. The molecule has 18 heavy (non-hydrogen) atoms. The number of aromatic amines is 1. The Kier molecular flexibility index (Phi) is 2.87. The standard InChI is InChI=1S/C9H8N6O3/c10-8-1-6(7(4-11-8)15(17)18)9(16)14-5-2-12-13-3-5/h1-4H,(H2,10,11)(H,12,13)(H,14,16). The van der Waals surface area contributed by atoms with Crippen molar-refractivity contribution in [1.82, 2.24) is 15.2 Å². The maximum atomic E-state index is 11.8. The molecule has 4 N–H and O–H groups in total. The van der Waals surface area contributed by atoms with Crippen LogP contribution in [0.3, 0.4) is 0 Å². The van der Waals surface area contributed by atoms with Crippen LogP contribution >= 0.6 is 0 Å². The minimum atomic E-state index is -0.698. The molecule has 0 saturated heterocycles. The minimum absolute atomic E-state index is 0.0259. The van der Waals surface area contributed by atoms with E-state index >= 15 is 0 Å². The van der Waals surface area contributed by atoms with Crippen LogP contribution in [0.5, 0.6) is 0 Å². The van der Waals surface area contributed by atoms with Crippen molar-refractivity contribution in [3.05, 3.63) is 40.3 Å². The molecule has 0 saturated carbocycles. The highest BCUT2D eigenvalue weighted by atomic mass is 16.6. The molecule has 1 amide bonds. The highest BCUT2D eigenvalue weighted by molar-refractivity contribution is 6.07. The van der Waals surface area contributed by atoms with E-state index in [0.717, 1.165) is 12.3 Å². The Labute approximate surface area is 100 Å². The van der Waals surface area contributed by atoms with E-state index in [4.69, 9.17) is 5.73 Å². The van der Waals surface area contributed by atoms with Gasteiger partial charge in [-0.05, 0) is 6.07 Å². The SMILES string of the molecule is Nc1cc(C(=O)Nc2cn[nH]c2)c([N+](=O)[O-])cn1. The maximum absolute atomic E-state index is 11.8. The molecule has 9 heteroatoms. The molecule has 0 radical (unpaired) electrons. The zero-order valence-corrected chi connectivity index (χ0v) is 8.95. The minimum Gasteiger partial charge on any atom is -0.384 e. The molecule has 0 unspecified atom stereocenters. The summed E-state index contributed by atoms with van der Waals surface area (Å²) >= 11 is 0. The van der Waals surface area contributed by atoms with E-state index < -0.39 is 16.5 Å². The lowest BCUT2D eigenvalue weighted by Crippen LogP contribution is -2.14. The Hall–Kier alpha value is -2.97. The zero-order chi connectivity index (χ0) is 13.1. The van der Waals surface area contributed by atoms with Gasteiger partial charge in [-0.15, -0.1) is 0 Å². The number of carbonyl (C=O) groups excluding carboxylic acids is 1. The molecule has 0 aliphatic rings. The van der Waals surface area contributed by atoms with E-state index in [9.17, 15) is 14.9 Å². The summed E-state index contributed by atoms with van der Waals surface area (Å²) in [5.41, 5.74) is 5.23. The topological polar surface area (TPSA) is 140 Å². The Morgan fingerprint density at radius 3 is 2.89 bits per heavy atom. The Morgan fingerprint density at radius 2 is 2.28 bits per heavy atom. The van der Waals surface area contributed by atoms with Crippen LogP contribution in [0.4, 0.5) is 17.2 Å². The van der Waals surface area contributed by atoms with Gasteiger partial charge < -0.3 is 11.1 Å². The summed E-state index contributed by atoms with van der Waals surface area (Å²) in [6.07, 6.45) is 3.75. The fraction of sp³-hybridized carbons (Fsp3) is 0. The first kappa shape index (κ1) is 11.5. The number of H-pyrrole nitrogens is 1. The van der Waals surface area contributed by atoms with Crippen LogP contribution in [0, 0.1) is 10.1 Å². The number of pyridine rings is 1. The van der Waals surface area contributed by atoms with Crippen molar-refractivity contribution >= 4 is 23.1 Å². The quantitative estimate of drug-likeness (QED) is 0.535. The number of nitrogens with zero attached hydrogens (tertiary/aromatic N) is 3. The van der Waals surface area contributed by atoms with Crippen LogP contribution in [0.25, 0.3) is 0 Å². The summed E-state index contributed by atoms with van der Waals surface area (Å²) in [5.74, 6) is -0.629. The highest BCUT2D eigenvalue weighted by Gasteiger charge is 2.21. The van der Waals surface area contributed by atoms with Crippen LogP contribution in [-0.4, -0.2) is 26.0 Å². The van der Waals surface area contributed by atoms with Gasteiger partial charge in [-0.3, -0.25) is 20.0 Å². The molecule has 0 aromatic carbocycles. The third-order valence-corrected chi connectivity index (χ3v) is 2.10. The van der Waals surface area contributed by atoms with Crippen molar-refractivity contribution in [3.63, 3.8) is 0 Å². The average Bonchev–Trinajstić information content (AvgIpc) is 2.81. The van der Waals surface area contributed by atoms with Crippen LogP contribution in [0.1, 0.15) is 10.4 Å². The van der Waals surface area contributed by atoms with Gasteiger partial charge >= 0.3 is 0 Å². The summed E-state index contributed by atoms with van der Waals surface area (Å²) in [6, 6.07) is 1.15. The maximum Gasteiger partial charge on any atom is 0.300 e. The van der Waals surface area contributed by atoms with Gasteiger partial charge in [-0.1, -0.05) is 0 Å². The molecule has 2 rings (SSSR count). The second kappa shape index (κ2) is 4.49. The second-order valence-corrected chi connectivity index (χ2v) is 3.32. The number of hydrogen-bond acceptors (Lipinski definition) is 6. The van der Waals surface area contributed by atoms with Crippen LogP contribution in [-0.2, 0) is 0 Å². The van der Waals surface area contributed by atoms with Gasteiger partial charge in [0.1, 0.15) is 17.6 Å². The van der Waals surface area contributed by atoms with Gasteiger partial charge in [0.15, 0.2) is 0 Å². The third kappa shape index (κ3) is 2.24. The van der Waals surface area contributed by atoms with Crippen molar-refractivity contribution < 1.29 is 9.72 Å². The molecule has 9 nitrogen and oxygen atoms in total. The van der Waals surface area contributed by atoms with E-state index in [1.54, 1.807) is 0 Å². The van der Waals surface area contributed by atoms with Crippen molar-refractivity contribution in [2.45, 2.75) is 0 Å². The lowest BCUT2D eigenvalue weighted by atomic mass is 10.2. The van der Waals surface area contributed by atoms with Gasteiger partial charge in [0.05, 0.1) is 16.8 Å². The first-order chi connectivity index (χ1) is 8.58. The summed E-state index contributed by atoms with van der Waals surface area (Å²) < 4.78 is 0. The number of aromatic nitrogens is 3. The predicted octanol–water partition coefficient (Wildman–Crippen LogP) is 0.547. The molecule has 0 fully saturated rings. The molecule has 92 valence electrons. The van der Waals surface area contributed by atoms with E-state index in [1.165, 1.54) is 12.4 Å². The van der Waals surface area contributed by atoms with Gasteiger partial charge in [0.25, 0.3) is 11.6 Å². The molecule has 0 bridgehead atoms. The number of anilines is 2. The molecule has 2 aromatic heterocycles. The molecular formula is C9H8N6O3. The summed E-state index contributed by atoms with van der Waals surface area (Å²) in [7, 11) is 0. The molecule has 0 aliphatic carbocycles. The number of nitrogens with two attached hydrogens (primary N) is 1. The van der Waals surface area contributed by atoms with Crippen molar-refractivity contribution in [2.75, 3.05) is 11.1 Å². The third-order valence-electron chi connectivity index (χ3n) is 2.10. The Bertz CT molecular complexity index is 594. The molecule has 0 spiro atoms. The van der Waals surface area contributed by atoms with Crippen molar-refractivity contribution in [3.8, 4) is 0 Å². The monoisotopic (exact) mass is 248 g/mol. The summed E-state index contributed by atoms with van der Waals surface area (Å²) in [4.78, 5) is 25.5.